The van der Waals surface area contributed by atoms with Crippen molar-refractivity contribution in [2.24, 2.45) is 11.8 Å². The summed E-state index contributed by atoms with van der Waals surface area (Å²) >= 11 is 0. The van der Waals surface area contributed by atoms with Crippen LogP contribution in [0.1, 0.15) is 31.2 Å². The molecule has 1 aliphatic heterocycles. The highest BCUT2D eigenvalue weighted by molar-refractivity contribution is 5.43. The summed E-state index contributed by atoms with van der Waals surface area (Å²) in [5.74, 6) is 2.09. The third kappa shape index (κ3) is 2.69. The van der Waals surface area contributed by atoms with Gasteiger partial charge in [0.05, 0.1) is 5.56 Å². The minimum Gasteiger partial charge on any atom is -0.352 e. The van der Waals surface area contributed by atoms with E-state index in [4.69, 9.17) is 0 Å². The number of alkyl halides is 3. The van der Waals surface area contributed by atoms with Crippen molar-refractivity contribution in [1.82, 2.24) is 10.3 Å². The molecular weight excluding hydrogens is 291 g/mol. The van der Waals surface area contributed by atoms with Crippen LogP contribution in [0.3, 0.4) is 0 Å². The largest absolute Gasteiger partial charge is 0.417 e. The van der Waals surface area contributed by atoms with Gasteiger partial charge in [-0.05, 0) is 56.2 Å². The summed E-state index contributed by atoms with van der Waals surface area (Å²) in [5, 5.41) is 3.54. The summed E-state index contributed by atoms with van der Waals surface area (Å²) in [7, 11) is 0. The molecule has 1 N–H and O–H groups in total. The van der Waals surface area contributed by atoms with Gasteiger partial charge in [0.25, 0.3) is 0 Å². The molecule has 4 rings (SSSR count). The number of piperidine rings is 1. The van der Waals surface area contributed by atoms with Crippen LogP contribution < -0.4 is 10.2 Å². The van der Waals surface area contributed by atoms with E-state index in [1.807, 2.05) is 0 Å². The van der Waals surface area contributed by atoms with Gasteiger partial charge in [0, 0.05) is 24.8 Å². The fourth-order valence-corrected chi connectivity index (χ4v) is 3.87. The number of nitrogens with one attached hydrogen (secondary N) is 1. The molecule has 3 nitrogen and oxygen atoms in total. The van der Waals surface area contributed by atoms with E-state index in [0.717, 1.165) is 31.8 Å². The van der Waals surface area contributed by atoms with Crippen molar-refractivity contribution in [2.75, 3.05) is 18.0 Å². The van der Waals surface area contributed by atoms with Crippen molar-refractivity contribution in [1.29, 1.82) is 0 Å². The van der Waals surface area contributed by atoms with Gasteiger partial charge in [-0.25, -0.2) is 4.98 Å². The minimum atomic E-state index is -4.32. The molecule has 2 aliphatic carbocycles. The maximum Gasteiger partial charge on any atom is 0.417 e. The van der Waals surface area contributed by atoms with Gasteiger partial charge in [-0.1, -0.05) is 0 Å². The number of aromatic nitrogens is 1. The van der Waals surface area contributed by atoms with Crippen LogP contribution in [0.4, 0.5) is 19.0 Å². The monoisotopic (exact) mass is 311 g/mol. The van der Waals surface area contributed by atoms with E-state index in [1.54, 1.807) is 0 Å². The highest BCUT2D eigenvalue weighted by Gasteiger charge is 2.44. The fraction of sp³-hybridized carbons (Fsp3) is 0.688. The van der Waals surface area contributed by atoms with E-state index in [1.165, 1.54) is 25.3 Å². The molecule has 120 valence electrons. The summed E-state index contributed by atoms with van der Waals surface area (Å²) in [6, 6.07) is 3.54. The maximum atomic E-state index is 12.7. The Balaban J connectivity index is 1.57. The Labute approximate surface area is 127 Å². The van der Waals surface area contributed by atoms with Crippen LogP contribution in [0.15, 0.2) is 18.3 Å². The zero-order valence-corrected chi connectivity index (χ0v) is 12.3. The van der Waals surface area contributed by atoms with E-state index in [2.05, 4.69) is 15.2 Å². The van der Waals surface area contributed by atoms with Gasteiger partial charge in [-0.2, -0.15) is 13.2 Å². The van der Waals surface area contributed by atoms with Crippen molar-refractivity contribution in [3.63, 3.8) is 0 Å². The van der Waals surface area contributed by atoms with E-state index in [0.29, 0.717) is 29.7 Å². The number of fused-ring (bicyclic) bond motifs is 2. The lowest BCUT2D eigenvalue weighted by Gasteiger charge is -2.36. The smallest absolute Gasteiger partial charge is 0.352 e. The molecule has 0 spiro atoms. The Morgan fingerprint density at radius 2 is 2.05 bits per heavy atom. The van der Waals surface area contributed by atoms with Crippen LogP contribution in [-0.2, 0) is 6.18 Å². The number of hydrogen-bond acceptors (Lipinski definition) is 3. The molecule has 3 atom stereocenters. The molecule has 6 heteroatoms. The third-order valence-electron chi connectivity index (χ3n) is 5.22. The number of pyridine rings is 1. The first kappa shape index (κ1) is 14.3. The number of hydrogen-bond donors (Lipinski definition) is 1. The molecule has 0 amide bonds. The standard InChI is InChI=1S/C16H20F3N3/c17-16(18,19)12-3-4-15(21-8-12)22(9-10-1-2-10)14-6-11-5-13(14)20-7-11/h3-4,8,10-11,13-14,20H,1-2,5-7,9H2/t11-,13-,14+/m0/s1. The third-order valence-corrected chi connectivity index (χ3v) is 5.22. The van der Waals surface area contributed by atoms with Crippen LogP contribution in [0.2, 0.25) is 0 Å². The number of rotatable bonds is 4. The molecular formula is C16H20F3N3. The molecule has 3 fully saturated rings. The first-order valence-electron chi connectivity index (χ1n) is 8.04. The Morgan fingerprint density at radius 3 is 2.55 bits per heavy atom. The second-order valence-corrected chi connectivity index (χ2v) is 6.92. The molecule has 2 heterocycles. The Morgan fingerprint density at radius 1 is 1.23 bits per heavy atom. The minimum absolute atomic E-state index is 0.378. The molecule has 2 saturated carbocycles. The molecule has 1 aromatic heterocycles. The second-order valence-electron chi connectivity index (χ2n) is 6.92. The average molecular weight is 311 g/mol. The van der Waals surface area contributed by atoms with Gasteiger partial charge >= 0.3 is 6.18 Å². The lowest BCUT2D eigenvalue weighted by molar-refractivity contribution is -0.137. The summed E-state index contributed by atoms with van der Waals surface area (Å²) in [5.41, 5.74) is -0.673. The van der Waals surface area contributed by atoms with E-state index in [-0.39, 0.29) is 0 Å². The quantitative estimate of drug-likeness (QED) is 0.926. The normalized spacial score (nSPS) is 30.8. The highest BCUT2D eigenvalue weighted by Crippen LogP contribution is 2.39. The van der Waals surface area contributed by atoms with Crippen molar-refractivity contribution in [2.45, 2.75) is 43.9 Å². The Hall–Kier alpha value is -1.30. The van der Waals surface area contributed by atoms with Gasteiger partial charge in [-0.15, -0.1) is 0 Å². The van der Waals surface area contributed by atoms with E-state index in [9.17, 15) is 13.2 Å². The van der Waals surface area contributed by atoms with Gasteiger partial charge in [0.15, 0.2) is 0 Å². The van der Waals surface area contributed by atoms with E-state index >= 15 is 0 Å². The van der Waals surface area contributed by atoms with Crippen LogP contribution in [-0.4, -0.2) is 30.2 Å². The summed E-state index contributed by atoms with van der Waals surface area (Å²) in [6.45, 7) is 2.01. The summed E-state index contributed by atoms with van der Waals surface area (Å²) in [4.78, 5) is 6.39. The first-order chi connectivity index (χ1) is 10.5. The molecule has 0 radical (unpaired) electrons. The number of anilines is 1. The fourth-order valence-electron chi connectivity index (χ4n) is 3.87. The second kappa shape index (κ2) is 5.11. The Bertz CT molecular complexity index is 539. The zero-order valence-electron chi connectivity index (χ0n) is 12.3. The summed E-state index contributed by atoms with van der Waals surface area (Å²) < 4.78 is 38.1. The van der Waals surface area contributed by atoms with E-state index < -0.39 is 11.7 Å². The molecule has 1 aromatic rings. The van der Waals surface area contributed by atoms with Crippen molar-refractivity contribution in [3.05, 3.63) is 23.9 Å². The summed E-state index contributed by atoms with van der Waals surface area (Å²) in [6.07, 6.45) is 1.42. The molecule has 0 aromatic carbocycles. The molecule has 0 unspecified atom stereocenters. The lowest BCUT2D eigenvalue weighted by Crippen LogP contribution is -2.49. The van der Waals surface area contributed by atoms with Crippen LogP contribution in [0.5, 0.6) is 0 Å². The SMILES string of the molecule is FC(F)(F)c1ccc(N(CC2CC2)[C@@H]2C[C@H]3CN[C@H]2C3)nc1. The van der Waals surface area contributed by atoms with Gasteiger partial charge in [-0.3, -0.25) is 0 Å². The maximum absolute atomic E-state index is 12.7. The van der Waals surface area contributed by atoms with Gasteiger partial charge in [0.1, 0.15) is 5.82 Å². The zero-order chi connectivity index (χ0) is 15.3. The lowest BCUT2D eigenvalue weighted by atomic mass is 10.1. The molecule has 1 saturated heterocycles. The average Bonchev–Trinajstić information content (AvgIpc) is 3.06. The highest BCUT2D eigenvalue weighted by atomic mass is 19.4. The molecule has 22 heavy (non-hydrogen) atoms. The molecule has 3 aliphatic rings. The Kier molecular flexibility index (Phi) is 3.33. The molecule has 2 bridgehead atoms. The van der Waals surface area contributed by atoms with Crippen molar-refractivity contribution in [3.8, 4) is 0 Å². The predicted octanol–water partition coefficient (Wildman–Crippen LogP) is 3.07. The first-order valence-corrected chi connectivity index (χ1v) is 8.04. The van der Waals surface area contributed by atoms with Crippen LogP contribution >= 0.6 is 0 Å². The number of halogens is 3. The predicted molar refractivity (Wildman–Crippen MR) is 77.6 cm³/mol. The van der Waals surface area contributed by atoms with Crippen molar-refractivity contribution >= 4 is 5.82 Å². The number of nitrogens with zero attached hydrogens (tertiary/aromatic N) is 2. The topological polar surface area (TPSA) is 28.2 Å². The van der Waals surface area contributed by atoms with Gasteiger partial charge < -0.3 is 10.2 Å². The van der Waals surface area contributed by atoms with Crippen LogP contribution in [0.25, 0.3) is 0 Å². The van der Waals surface area contributed by atoms with Crippen LogP contribution in [0, 0.1) is 11.8 Å². The van der Waals surface area contributed by atoms with Gasteiger partial charge in [0.2, 0.25) is 0 Å². The van der Waals surface area contributed by atoms with Crippen molar-refractivity contribution < 1.29 is 13.2 Å².